The molecule has 1 aromatic heterocycles. The van der Waals surface area contributed by atoms with Crippen LogP contribution in [0.1, 0.15) is 50.7 Å². The lowest BCUT2D eigenvalue weighted by Gasteiger charge is -2.43. The Labute approximate surface area is 303 Å². The molecule has 51 heavy (non-hydrogen) atoms. The van der Waals surface area contributed by atoms with E-state index >= 15 is 0 Å². The molecule has 0 aliphatic carbocycles. The van der Waals surface area contributed by atoms with Crippen molar-refractivity contribution >= 4 is 74.9 Å². The summed E-state index contributed by atoms with van der Waals surface area (Å²) < 4.78 is 32.6. The van der Waals surface area contributed by atoms with E-state index in [1.165, 1.54) is 18.3 Å². The summed E-state index contributed by atoms with van der Waals surface area (Å²) in [6.45, 7) is 20.3. The molecule has 2 fully saturated rings. The van der Waals surface area contributed by atoms with Gasteiger partial charge in [-0.05, 0) is 63.2 Å². The van der Waals surface area contributed by atoms with E-state index in [0.717, 1.165) is 68.4 Å². The number of rotatable bonds is 13. The molecule has 2 N–H and O–H groups in total. The summed E-state index contributed by atoms with van der Waals surface area (Å²) in [4.78, 5) is 25.5. The van der Waals surface area contributed by atoms with E-state index in [1.54, 1.807) is 44.7 Å². The van der Waals surface area contributed by atoms with Crippen molar-refractivity contribution in [1.29, 1.82) is 0 Å². The Hall–Kier alpha value is -4.53. The van der Waals surface area contributed by atoms with Crippen LogP contribution in [-0.4, -0.2) is 114 Å². The lowest BCUT2D eigenvalue weighted by molar-refractivity contribution is 0.0982. The number of hydrogen-bond donors (Lipinski definition) is 2. The fourth-order valence-electron chi connectivity index (χ4n) is 6.73. The second kappa shape index (κ2) is 16.2. The average Bonchev–Trinajstić information content (AvgIpc) is 3.11. The van der Waals surface area contributed by atoms with E-state index in [0.29, 0.717) is 51.9 Å². The van der Waals surface area contributed by atoms with Crippen LogP contribution >= 0.6 is 0 Å². The lowest BCUT2D eigenvalue weighted by Crippen LogP contribution is -2.52. The topological polar surface area (TPSA) is 131 Å². The molecule has 274 valence electrons. The molecule has 5 rings (SSSR count). The van der Waals surface area contributed by atoms with Crippen LogP contribution in [0.15, 0.2) is 47.0 Å². The van der Waals surface area contributed by atoms with Crippen LogP contribution in [0.4, 0.5) is 45.9 Å². The van der Waals surface area contributed by atoms with Gasteiger partial charge in [0, 0.05) is 82.1 Å². The number of anilines is 6. The highest BCUT2D eigenvalue weighted by atomic mass is 32.2. The Kier molecular flexibility index (Phi) is 12.0. The molecule has 0 bridgehead atoms. The monoisotopic (exact) mass is 716 g/mol. The first kappa shape index (κ1) is 37.7. The fourth-order valence-corrected chi connectivity index (χ4v) is 7.25. The van der Waals surface area contributed by atoms with Gasteiger partial charge in [0.15, 0.2) is 0 Å². The third-order valence-corrected chi connectivity index (χ3v) is 10.9. The minimum absolute atomic E-state index is 0.265. The van der Waals surface area contributed by atoms with Gasteiger partial charge in [-0.15, -0.1) is 0 Å². The van der Waals surface area contributed by atoms with Crippen LogP contribution in [0.2, 0.25) is 0 Å². The predicted molar refractivity (Wildman–Crippen MR) is 213 cm³/mol. The third-order valence-electron chi connectivity index (χ3n) is 9.74. The maximum atomic E-state index is 12.8. The van der Waals surface area contributed by atoms with Crippen molar-refractivity contribution in [3.63, 3.8) is 0 Å². The minimum atomic E-state index is -3.67. The lowest BCUT2D eigenvalue weighted by atomic mass is 9.96. The molecular formula is C37H52N10O3S. The normalized spacial score (nSPS) is 16.4. The number of benzene rings is 2. The zero-order valence-corrected chi connectivity index (χ0v) is 31.8. The predicted octanol–water partition coefficient (Wildman–Crippen LogP) is 6.41. The van der Waals surface area contributed by atoms with Gasteiger partial charge in [-0.2, -0.15) is 4.98 Å². The smallest absolute Gasteiger partial charge is 0.232 e. The van der Waals surface area contributed by atoms with Crippen LogP contribution in [0.3, 0.4) is 0 Å². The number of piperidine rings is 1. The molecule has 0 saturated carbocycles. The number of methoxy groups -OCH3 is 1. The van der Waals surface area contributed by atoms with Crippen molar-refractivity contribution in [2.75, 3.05) is 86.6 Å². The highest BCUT2D eigenvalue weighted by Crippen LogP contribution is 2.45. The number of hydrogen-bond acceptors (Lipinski definition) is 12. The molecule has 14 heteroatoms. The van der Waals surface area contributed by atoms with E-state index in [9.17, 15) is 8.42 Å². The zero-order chi connectivity index (χ0) is 36.9. The summed E-state index contributed by atoms with van der Waals surface area (Å²) in [7, 11) is 1.68. The van der Waals surface area contributed by atoms with E-state index < -0.39 is 10.0 Å². The van der Waals surface area contributed by atoms with Gasteiger partial charge in [-0.3, -0.25) is 19.2 Å². The quantitative estimate of drug-likeness (QED) is 0.192. The highest BCUT2D eigenvalue weighted by Gasteiger charge is 2.29. The zero-order valence-electron chi connectivity index (χ0n) is 31.0. The standard InChI is InChI=1S/C37H52N10O3S/c1-10-26-24-40-37(43-36(26)41-30-13-12-29(38-5)34(39-11-2)35(30)45(7)51(9,48)49)42-31-22-28(25(3)4)32(23-33(31)50-8)47-16-14-27(15-17-47)46-20-18-44(6)19-21-46/h10-13,22-25,27H,1,5,14-21H2,2-4,6-9H3,(H2,40,41,42,43). The van der Waals surface area contributed by atoms with E-state index in [4.69, 9.17) is 9.72 Å². The summed E-state index contributed by atoms with van der Waals surface area (Å²) in [6, 6.07) is 8.34. The van der Waals surface area contributed by atoms with Crippen molar-refractivity contribution in [2.24, 2.45) is 9.98 Å². The van der Waals surface area contributed by atoms with Crippen molar-refractivity contribution < 1.29 is 13.2 Å². The molecule has 0 atom stereocenters. The second-order valence-electron chi connectivity index (χ2n) is 13.4. The van der Waals surface area contributed by atoms with Gasteiger partial charge >= 0.3 is 0 Å². The van der Waals surface area contributed by atoms with Gasteiger partial charge < -0.3 is 25.2 Å². The number of aliphatic imine (C=N–C) groups is 2. The van der Waals surface area contributed by atoms with Gasteiger partial charge in [-0.25, -0.2) is 13.4 Å². The summed E-state index contributed by atoms with van der Waals surface area (Å²) in [5.74, 6) is 1.69. The second-order valence-corrected chi connectivity index (χ2v) is 15.4. The Balaban J connectivity index is 1.45. The number of piperazine rings is 1. The number of sulfonamides is 1. The van der Waals surface area contributed by atoms with Crippen LogP contribution in [0, 0.1) is 0 Å². The summed E-state index contributed by atoms with van der Waals surface area (Å²) in [5, 5.41) is 6.70. The number of aromatic nitrogens is 2. The molecule has 2 aromatic carbocycles. The highest BCUT2D eigenvalue weighted by molar-refractivity contribution is 7.92. The summed E-state index contributed by atoms with van der Waals surface area (Å²) >= 11 is 0. The Morgan fingerprint density at radius 3 is 2.37 bits per heavy atom. The van der Waals surface area contributed by atoms with E-state index in [1.807, 2.05) is 0 Å². The molecule has 2 aliphatic heterocycles. The molecule has 2 saturated heterocycles. The SMILES string of the molecule is C=Cc1cnc(Nc2cc(C(C)C)c(N3CCC(N4CCN(C)CC4)CC3)cc2OC)nc1Nc1ccc(N=C)c(N=CC)c1N(C)S(C)(=O)=O. The summed E-state index contributed by atoms with van der Waals surface area (Å²) in [5.41, 5.74) is 5.31. The Bertz CT molecular complexity index is 1860. The molecule has 3 aromatic rings. The van der Waals surface area contributed by atoms with Gasteiger partial charge in [0.2, 0.25) is 16.0 Å². The Morgan fingerprint density at radius 1 is 1.08 bits per heavy atom. The molecule has 2 aliphatic rings. The average molecular weight is 717 g/mol. The first-order valence-electron chi connectivity index (χ1n) is 17.4. The number of nitrogens with one attached hydrogen (secondary N) is 2. The fraction of sp³-hybridized carbons (Fsp3) is 0.459. The van der Waals surface area contributed by atoms with Crippen molar-refractivity contribution in [3.05, 3.63) is 48.2 Å². The largest absolute Gasteiger partial charge is 0.494 e. The van der Waals surface area contributed by atoms with Crippen molar-refractivity contribution in [1.82, 2.24) is 19.8 Å². The van der Waals surface area contributed by atoms with Crippen molar-refractivity contribution in [3.8, 4) is 5.75 Å². The van der Waals surface area contributed by atoms with E-state index in [2.05, 4.69) is 86.6 Å². The molecule has 0 amide bonds. The van der Waals surface area contributed by atoms with Crippen LogP contribution < -0.4 is 24.6 Å². The van der Waals surface area contributed by atoms with Gasteiger partial charge in [0.25, 0.3) is 0 Å². The van der Waals surface area contributed by atoms with E-state index in [-0.39, 0.29) is 5.92 Å². The molecule has 0 spiro atoms. The maximum absolute atomic E-state index is 12.8. The number of likely N-dealkylation sites (N-methyl/N-ethyl adjacent to an activating group) is 1. The minimum Gasteiger partial charge on any atom is -0.494 e. The molecular weight excluding hydrogens is 665 g/mol. The molecule has 13 nitrogen and oxygen atoms in total. The van der Waals surface area contributed by atoms with Crippen LogP contribution in [0.5, 0.6) is 5.75 Å². The number of ether oxygens (including phenoxy) is 1. The third kappa shape index (κ3) is 8.51. The molecule has 0 radical (unpaired) electrons. The first-order valence-corrected chi connectivity index (χ1v) is 19.2. The summed E-state index contributed by atoms with van der Waals surface area (Å²) in [6.07, 6.45) is 8.29. The van der Waals surface area contributed by atoms with Gasteiger partial charge in [-0.1, -0.05) is 26.5 Å². The van der Waals surface area contributed by atoms with Gasteiger partial charge in [0.1, 0.15) is 22.9 Å². The molecule has 3 heterocycles. The first-order chi connectivity index (χ1) is 24.4. The van der Waals surface area contributed by atoms with Gasteiger partial charge in [0.05, 0.1) is 30.4 Å². The Morgan fingerprint density at radius 2 is 1.78 bits per heavy atom. The maximum Gasteiger partial charge on any atom is 0.232 e. The molecule has 0 unspecified atom stereocenters. The van der Waals surface area contributed by atoms with Crippen molar-refractivity contribution in [2.45, 2.75) is 45.6 Å². The number of nitrogens with zero attached hydrogens (tertiary/aromatic N) is 8. The van der Waals surface area contributed by atoms with Crippen LogP contribution in [0.25, 0.3) is 6.08 Å². The van der Waals surface area contributed by atoms with Crippen LogP contribution in [-0.2, 0) is 10.0 Å².